The molecule has 0 atom stereocenters. The van der Waals surface area contributed by atoms with Crippen LogP contribution in [0.4, 0.5) is 5.69 Å². The molecule has 1 saturated heterocycles. The molecule has 6 heteroatoms. The molecule has 30 heavy (non-hydrogen) atoms. The van der Waals surface area contributed by atoms with Gasteiger partial charge in [-0.05, 0) is 56.3 Å². The first kappa shape index (κ1) is 20.6. The largest absolute Gasteiger partial charge is 0.491 e. The maximum atomic E-state index is 13.0. The third-order valence-corrected chi connectivity index (χ3v) is 5.39. The molecule has 0 unspecified atom stereocenters. The summed E-state index contributed by atoms with van der Waals surface area (Å²) in [5.74, 6) is -0.107. The van der Waals surface area contributed by atoms with Crippen LogP contribution in [0.1, 0.15) is 37.0 Å². The van der Waals surface area contributed by atoms with E-state index in [1.807, 2.05) is 62.4 Å². The molecule has 0 aliphatic carbocycles. The first-order valence-corrected chi connectivity index (χ1v) is 10.3. The first-order chi connectivity index (χ1) is 14.4. The molecule has 158 valence electrons. The quantitative estimate of drug-likeness (QED) is 0.740. The Morgan fingerprint density at radius 3 is 2.67 bits per heavy atom. The van der Waals surface area contributed by atoms with Crippen molar-refractivity contribution in [2.45, 2.75) is 32.2 Å². The highest BCUT2D eigenvalue weighted by Gasteiger charge is 2.40. The van der Waals surface area contributed by atoms with Gasteiger partial charge < -0.3 is 24.8 Å². The summed E-state index contributed by atoms with van der Waals surface area (Å²) in [4.78, 5) is 14.7. The standard InChI is InChI=1S/C24H28N2O4/c1-16(2)30-19-6-4-5-17(13-19)14-21-20-15-18(7-8-22(20)26(3)23(21)27)24(9-10-25)28-11-12-29-24/h4-8,13-16H,9-12,25H2,1-3H3/b21-14-. The van der Waals surface area contributed by atoms with Crippen LogP contribution in [0, 0.1) is 0 Å². The van der Waals surface area contributed by atoms with Gasteiger partial charge in [0.15, 0.2) is 5.79 Å². The summed E-state index contributed by atoms with van der Waals surface area (Å²) in [5, 5.41) is 0. The van der Waals surface area contributed by atoms with Gasteiger partial charge in [0.1, 0.15) is 5.75 Å². The third-order valence-electron chi connectivity index (χ3n) is 5.39. The number of nitrogens with two attached hydrogens (primary N) is 1. The van der Waals surface area contributed by atoms with Crippen molar-refractivity contribution >= 4 is 23.2 Å². The molecule has 2 heterocycles. The molecule has 0 spiro atoms. The van der Waals surface area contributed by atoms with Crippen LogP contribution < -0.4 is 15.4 Å². The zero-order valence-corrected chi connectivity index (χ0v) is 17.7. The Kier molecular flexibility index (Phi) is 5.64. The number of ether oxygens (including phenoxy) is 3. The second-order valence-electron chi connectivity index (χ2n) is 7.88. The number of carbonyl (C=O) groups excluding carboxylic acids is 1. The maximum absolute atomic E-state index is 13.0. The van der Waals surface area contributed by atoms with Gasteiger partial charge in [0, 0.05) is 30.2 Å². The third kappa shape index (κ3) is 3.74. The van der Waals surface area contributed by atoms with Crippen LogP contribution in [0.25, 0.3) is 11.6 Å². The van der Waals surface area contributed by atoms with Gasteiger partial charge in [0.2, 0.25) is 0 Å². The number of hydrogen-bond donors (Lipinski definition) is 1. The number of benzene rings is 2. The highest BCUT2D eigenvalue weighted by atomic mass is 16.7. The minimum absolute atomic E-state index is 0.0431. The number of nitrogens with zero attached hydrogens (tertiary/aromatic N) is 1. The number of anilines is 1. The number of rotatable bonds is 6. The summed E-state index contributed by atoms with van der Waals surface area (Å²) >= 11 is 0. The van der Waals surface area contributed by atoms with Gasteiger partial charge >= 0.3 is 0 Å². The Hall–Kier alpha value is -2.67. The molecule has 6 nitrogen and oxygen atoms in total. The van der Waals surface area contributed by atoms with Crippen molar-refractivity contribution in [3.63, 3.8) is 0 Å². The van der Waals surface area contributed by atoms with Gasteiger partial charge in [0.25, 0.3) is 5.91 Å². The molecule has 2 aliphatic rings. The molecule has 0 aromatic heterocycles. The van der Waals surface area contributed by atoms with E-state index in [1.165, 1.54) is 0 Å². The van der Waals surface area contributed by atoms with Crippen molar-refractivity contribution in [2.75, 3.05) is 31.7 Å². The van der Waals surface area contributed by atoms with Crippen LogP contribution in [-0.2, 0) is 20.1 Å². The maximum Gasteiger partial charge on any atom is 0.258 e. The van der Waals surface area contributed by atoms with E-state index in [0.29, 0.717) is 31.8 Å². The summed E-state index contributed by atoms with van der Waals surface area (Å²) in [7, 11) is 1.79. The molecule has 0 bridgehead atoms. The number of likely N-dealkylation sites (N-methyl/N-ethyl adjacent to an activating group) is 1. The normalized spacial score (nSPS) is 19.0. The van der Waals surface area contributed by atoms with Gasteiger partial charge in [0.05, 0.1) is 25.0 Å². The monoisotopic (exact) mass is 408 g/mol. The highest BCUT2D eigenvalue weighted by molar-refractivity contribution is 6.35. The Morgan fingerprint density at radius 1 is 1.20 bits per heavy atom. The van der Waals surface area contributed by atoms with Crippen molar-refractivity contribution in [2.24, 2.45) is 5.73 Å². The molecule has 2 aliphatic heterocycles. The Balaban J connectivity index is 1.76. The van der Waals surface area contributed by atoms with Gasteiger partial charge in [-0.25, -0.2) is 0 Å². The van der Waals surface area contributed by atoms with Crippen LogP contribution in [0.2, 0.25) is 0 Å². The average Bonchev–Trinajstić information content (AvgIpc) is 3.28. The van der Waals surface area contributed by atoms with Crippen LogP contribution in [0.15, 0.2) is 42.5 Å². The molecule has 4 rings (SSSR count). The molecule has 1 amide bonds. The summed E-state index contributed by atoms with van der Waals surface area (Å²) in [6.07, 6.45) is 2.55. The van der Waals surface area contributed by atoms with Crippen molar-refractivity contribution in [3.05, 3.63) is 59.2 Å². The number of carbonyl (C=O) groups is 1. The van der Waals surface area contributed by atoms with Crippen LogP contribution >= 0.6 is 0 Å². The number of fused-ring (bicyclic) bond motifs is 1. The van der Waals surface area contributed by atoms with E-state index in [1.54, 1.807) is 11.9 Å². The van der Waals surface area contributed by atoms with E-state index < -0.39 is 5.79 Å². The summed E-state index contributed by atoms with van der Waals surface area (Å²) in [6.45, 7) is 5.48. The molecule has 0 radical (unpaired) electrons. The fourth-order valence-electron chi connectivity index (χ4n) is 4.04. The number of hydrogen-bond acceptors (Lipinski definition) is 5. The van der Waals surface area contributed by atoms with E-state index in [0.717, 1.165) is 28.1 Å². The molecular formula is C24H28N2O4. The van der Waals surface area contributed by atoms with Gasteiger partial charge in [-0.2, -0.15) is 0 Å². The average molecular weight is 408 g/mol. The molecule has 0 saturated carbocycles. The molecule has 2 N–H and O–H groups in total. The zero-order valence-electron chi connectivity index (χ0n) is 17.7. The Labute approximate surface area is 177 Å². The highest BCUT2D eigenvalue weighted by Crippen LogP contribution is 2.42. The Morgan fingerprint density at radius 2 is 1.97 bits per heavy atom. The SMILES string of the molecule is CC(C)Oc1cccc(/C=C2\C(=O)N(C)c3ccc(C4(CCN)OCCO4)cc32)c1. The predicted octanol–water partition coefficient (Wildman–Crippen LogP) is 3.54. The van der Waals surface area contributed by atoms with Gasteiger partial charge in [-0.15, -0.1) is 0 Å². The van der Waals surface area contributed by atoms with E-state index in [4.69, 9.17) is 19.9 Å². The van der Waals surface area contributed by atoms with Gasteiger partial charge in [-0.3, -0.25) is 4.79 Å². The van der Waals surface area contributed by atoms with E-state index in [2.05, 4.69) is 0 Å². The lowest BCUT2D eigenvalue weighted by Gasteiger charge is -2.28. The van der Waals surface area contributed by atoms with Crippen molar-refractivity contribution < 1.29 is 19.0 Å². The smallest absolute Gasteiger partial charge is 0.258 e. The fraction of sp³-hybridized carbons (Fsp3) is 0.375. The van der Waals surface area contributed by atoms with E-state index >= 15 is 0 Å². The molecule has 1 fully saturated rings. The van der Waals surface area contributed by atoms with Crippen molar-refractivity contribution in [1.29, 1.82) is 0 Å². The molecular weight excluding hydrogens is 380 g/mol. The minimum Gasteiger partial charge on any atom is -0.491 e. The summed E-state index contributed by atoms with van der Waals surface area (Å²) in [6, 6.07) is 13.7. The van der Waals surface area contributed by atoms with E-state index in [-0.39, 0.29) is 12.0 Å². The second kappa shape index (κ2) is 8.22. The van der Waals surface area contributed by atoms with Crippen molar-refractivity contribution in [3.8, 4) is 5.75 Å². The lowest BCUT2D eigenvalue weighted by Crippen LogP contribution is -2.30. The minimum atomic E-state index is -0.843. The zero-order chi connectivity index (χ0) is 21.3. The molecule has 2 aromatic carbocycles. The predicted molar refractivity (Wildman–Crippen MR) is 117 cm³/mol. The van der Waals surface area contributed by atoms with E-state index in [9.17, 15) is 4.79 Å². The van der Waals surface area contributed by atoms with Crippen molar-refractivity contribution in [1.82, 2.24) is 0 Å². The summed E-state index contributed by atoms with van der Waals surface area (Å²) < 4.78 is 17.7. The van der Waals surface area contributed by atoms with Crippen LogP contribution in [0.3, 0.4) is 0 Å². The fourth-order valence-corrected chi connectivity index (χ4v) is 4.04. The lowest BCUT2D eigenvalue weighted by molar-refractivity contribution is -0.168. The summed E-state index contributed by atoms with van der Waals surface area (Å²) in [5.41, 5.74) is 9.98. The van der Waals surface area contributed by atoms with Crippen LogP contribution in [0.5, 0.6) is 5.75 Å². The topological polar surface area (TPSA) is 74.0 Å². The first-order valence-electron chi connectivity index (χ1n) is 10.3. The Bertz CT molecular complexity index is 977. The van der Waals surface area contributed by atoms with Crippen LogP contribution in [-0.4, -0.2) is 38.8 Å². The second-order valence-corrected chi connectivity index (χ2v) is 7.88. The lowest BCUT2D eigenvalue weighted by atomic mass is 9.96. The molecule has 2 aromatic rings. The van der Waals surface area contributed by atoms with Gasteiger partial charge in [-0.1, -0.05) is 18.2 Å². The number of amides is 1.